The molecule has 0 spiro atoms. The van der Waals surface area contributed by atoms with Crippen molar-refractivity contribution in [3.05, 3.63) is 171 Å². The highest BCUT2D eigenvalue weighted by Gasteiger charge is 2.51. The van der Waals surface area contributed by atoms with Crippen LogP contribution < -0.4 is 25.8 Å². The fraction of sp³-hybridized carbons (Fsp3) is 0.512. The average Bonchev–Trinajstić information content (AvgIpc) is 1.59. The Labute approximate surface area is 739 Å². The molecule has 2 unspecified atom stereocenters. The van der Waals surface area contributed by atoms with Gasteiger partial charge in [-0.2, -0.15) is 4.98 Å². The molecular weight excluding hydrogens is 1720 g/mol. The van der Waals surface area contributed by atoms with Crippen LogP contribution in [0.3, 0.4) is 0 Å². The Hall–Kier alpha value is -9.01. The molecule has 126 heavy (non-hydrogen) atoms. The Morgan fingerprint density at radius 3 is 2.01 bits per heavy atom. The maximum absolute atomic E-state index is 14.1. The molecule has 680 valence electrons. The first-order valence-corrected chi connectivity index (χ1v) is 47.0. The number of hydrogen-bond acceptors (Lipinski definition) is 30. The quantitative estimate of drug-likeness (QED) is 0.00899. The second kappa shape index (κ2) is 49.5. The van der Waals surface area contributed by atoms with E-state index in [0.717, 1.165) is 28.7 Å². The van der Waals surface area contributed by atoms with Crippen LogP contribution in [0.25, 0.3) is 11.2 Å². The number of carbonyl (C=O) groups is 7. The minimum Gasteiger partial charge on any atom is -0.474 e. The monoisotopic (exact) mass is 1820 g/mol. The van der Waals surface area contributed by atoms with E-state index >= 15 is 0 Å². The second-order valence-electron chi connectivity index (χ2n) is 30.6. The number of aromatic nitrogens is 6. The van der Waals surface area contributed by atoms with Crippen LogP contribution in [-0.2, 0) is 132 Å². The van der Waals surface area contributed by atoms with Gasteiger partial charge in [-0.05, 0) is 84.0 Å². The molecule has 36 nitrogen and oxygen atoms in total. The van der Waals surface area contributed by atoms with Gasteiger partial charge >= 0.3 is 19.6 Å². The number of carbonyl (C=O) groups excluding carboxylic acids is 7. The van der Waals surface area contributed by atoms with Gasteiger partial charge in [0.05, 0.1) is 143 Å². The molecule has 6 heterocycles. The van der Waals surface area contributed by atoms with E-state index in [1.54, 1.807) is 60.4 Å². The molecule has 5 N–H and O–H groups in total. The number of ether oxygens (including phenoxy) is 11. The first-order valence-electron chi connectivity index (χ1n) is 41.7. The number of nitrogens with one attached hydrogen (secondary N) is 3. The molecular formula is C86H108N10O26P2S2. The Balaban J connectivity index is 0.493. The van der Waals surface area contributed by atoms with Crippen molar-refractivity contribution in [3.63, 3.8) is 0 Å². The van der Waals surface area contributed by atoms with E-state index in [9.17, 15) is 52.9 Å². The number of aliphatic hydroxyl groups is 1. The molecule has 4 amide bonds. The number of fused-ring (bicyclic) bond motifs is 6. The molecule has 4 aromatic carbocycles. The van der Waals surface area contributed by atoms with E-state index < -0.39 is 98.2 Å². The number of Topliss-reactive ketones (excluding diaryl/α,β-unsaturated/α-hetero) is 3. The third-order valence-corrected chi connectivity index (χ3v) is 24.1. The van der Waals surface area contributed by atoms with Crippen molar-refractivity contribution in [1.29, 1.82) is 0 Å². The summed E-state index contributed by atoms with van der Waals surface area (Å²) in [6, 6.07) is 29.3. The number of benzene rings is 4. The molecule has 7 aromatic rings. The number of anilines is 2. The number of H-pyrrole nitrogens is 1. The average molecular weight is 1820 g/mol. The van der Waals surface area contributed by atoms with Crippen molar-refractivity contribution in [1.82, 2.24) is 39.7 Å². The van der Waals surface area contributed by atoms with Crippen molar-refractivity contribution in [2.75, 3.05) is 136 Å². The van der Waals surface area contributed by atoms with Gasteiger partial charge in [0.2, 0.25) is 23.6 Å². The summed E-state index contributed by atoms with van der Waals surface area (Å²) in [7, 11) is 1.48. The summed E-state index contributed by atoms with van der Waals surface area (Å²) in [6.07, 6.45) is -2.21. The summed E-state index contributed by atoms with van der Waals surface area (Å²) in [5.74, 6) is 3.29. The fourth-order valence-electron chi connectivity index (χ4n) is 14.1. The summed E-state index contributed by atoms with van der Waals surface area (Å²) in [4.78, 5) is 141. The van der Waals surface area contributed by atoms with Crippen molar-refractivity contribution < 1.29 is 118 Å². The highest BCUT2D eigenvalue weighted by Crippen LogP contribution is 2.59. The summed E-state index contributed by atoms with van der Waals surface area (Å²) in [5, 5.41) is 17.0. The minimum atomic E-state index is -4.38. The number of imidazole rings is 1. The summed E-state index contributed by atoms with van der Waals surface area (Å²) in [6.45, 7) is 1.99. The zero-order chi connectivity index (χ0) is 89.4. The van der Waals surface area contributed by atoms with Gasteiger partial charge in [0, 0.05) is 106 Å². The molecule has 1 saturated carbocycles. The van der Waals surface area contributed by atoms with Crippen LogP contribution in [0.1, 0.15) is 122 Å². The number of rotatable bonds is 48. The van der Waals surface area contributed by atoms with Gasteiger partial charge in [0.1, 0.15) is 48.9 Å². The number of amides is 4. The standard InChI is InChI=1S/C86H108N10O26P2S2/c1-57(2)70(48-67(98)28-31-109-33-35-111-37-39-113-41-43-115-45-44-114-42-40-112-38-36-110-34-32-108-30-11-16-66(97)25-26-76(100)95-51-63-14-6-5-12-61(63)23-24-62-13-8-10-18-71(62)95)82(103)90-58(3)72(99)46-59-19-21-60(22-20-59)52-116-86(105)94(4)50-64-15-7-9-17-69(64)81(102)92-85-91-80-77(83(104)93-85)89-56-96(80)84-79-78(101)74(120-84)54-118-123(106,125)121-73-49-68(119-75-27-29-87-55-88-75)47-65(73)53-117-124(107,126)122-79/h5-10,12-15,17-22,27,29,55-58,65,68,70,73-74,78-79,84,101H,11,16,25-26,28,30-54H2,1-4H3,(H,90,103)(H,106,125)(H,107,126)(H2,91,92,93,102,104)/t58-,65+,68+,70-,73-,74+,78+,79+,84+,123?,124?/m0/s1. The first kappa shape index (κ1) is 97.6. The normalized spacial score (nSPS) is 20.9. The molecule has 11 atom stereocenters. The Kier molecular flexibility index (Phi) is 38.4. The highest BCUT2D eigenvalue weighted by atomic mass is 32.7. The van der Waals surface area contributed by atoms with Crippen molar-refractivity contribution in [3.8, 4) is 17.7 Å². The Morgan fingerprint density at radius 2 is 1.33 bits per heavy atom. The number of aromatic amines is 1. The third-order valence-electron chi connectivity index (χ3n) is 20.9. The van der Waals surface area contributed by atoms with Gasteiger partial charge in [-0.3, -0.25) is 53.0 Å². The number of aliphatic hydroxyl groups excluding tert-OH is 1. The van der Waals surface area contributed by atoms with E-state index in [1.807, 2.05) is 62.4 Å². The smallest absolute Gasteiger partial charge is 0.410 e. The number of ketones is 3. The highest BCUT2D eigenvalue weighted by molar-refractivity contribution is 8.44. The molecule has 40 heteroatoms. The zero-order valence-corrected chi connectivity index (χ0v) is 74.1. The Bertz CT molecular complexity index is 5010. The van der Waals surface area contributed by atoms with Crippen LogP contribution in [0.15, 0.2) is 127 Å². The van der Waals surface area contributed by atoms with Gasteiger partial charge in [-0.1, -0.05) is 111 Å². The predicted octanol–water partition coefficient (Wildman–Crippen LogP) is 8.57. The summed E-state index contributed by atoms with van der Waals surface area (Å²) < 4.78 is 101. The second-order valence-corrected chi connectivity index (χ2v) is 36.2. The molecule has 11 rings (SSSR count). The molecule has 3 aliphatic heterocycles. The molecule has 1 aliphatic carbocycles. The molecule has 2 saturated heterocycles. The van der Waals surface area contributed by atoms with Gasteiger partial charge in [0.25, 0.3) is 11.5 Å². The number of para-hydroxylation sites is 1. The lowest BCUT2D eigenvalue weighted by atomic mass is 9.88. The van der Waals surface area contributed by atoms with Crippen molar-refractivity contribution >= 4 is 102 Å². The van der Waals surface area contributed by atoms with E-state index in [0.29, 0.717) is 141 Å². The van der Waals surface area contributed by atoms with Crippen LogP contribution in [0, 0.1) is 29.6 Å². The largest absolute Gasteiger partial charge is 0.474 e. The van der Waals surface area contributed by atoms with Crippen LogP contribution in [0.4, 0.5) is 16.4 Å². The topological polar surface area (TPSA) is 435 Å². The van der Waals surface area contributed by atoms with Crippen LogP contribution >= 0.6 is 25.8 Å². The SMILES string of the molecule is CC(C)[C@H](CC(=O)CCOCCOCCOCCOCCOCCOCCOCCOCCCC(=O)CCC(=O)N1Cc2ccccc2C#Cc2ccccc21)C(=O)N[C@@H](C)C(=O)Cc1ccc(COC(=O)N(C)Cc2ccccc2C(=O)Nc2nc3c(ncn3[C@@H]3O[C@@H]4COP(O)(=S)O[C@H]5C[C@H](Oc6ccncn6)C[C@@H]5COP(=O)(S)O[C@@H]3[C@@H]4O)c(=O)[nH]2)cc1. The van der Waals surface area contributed by atoms with Gasteiger partial charge in [-0.25, -0.2) is 24.3 Å². The lowest BCUT2D eigenvalue weighted by Gasteiger charge is -2.27. The predicted molar refractivity (Wildman–Crippen MR) is 463 cm³/mol. The van der Waals surface area contributed by atoms with Crippen LogP contribution in [0.2, 0.25) is 0 Å². The zero-order valence-electron chi connectivity index (χ0n) is 70.6. The van der Waals surface area contributed by atoms with E-state index in [-0.39, 0.29) is 123 Å². The lowest BCUT2D eigenvalue weighted by molar-refractivity contribution is -0.133. The van der Waals surface area contributed by atoms with E-state index in [4.69, 9.17) is 82.0 Å². The maximum Gasteiger partial charge on any atom is 0.410 e. The lowest BCUT2D eigenvalue weighted by Crippen LogP contribution is -2.44. The molecule has 4 aliphatic rings. The summed E-state index contributed by atoms with van der Waals surface area (Å²) >= 11 is 9.64. The van der Waals surface area contributed by atoms with Gasteiger partial charge in [-0.15, -0.1) is 0 Å². The third kappa shape index (κ3) is 30.3. The van der Waals surface area contributed by atoms with Gasteiger partial charge < -0.3 is 90.8 Å². The van der Waals surface area contributed by atoms with Gasteiger partial charge in [0.15, 0.2) is 23.2 Å². The minimum absolute atomic E-state index is 0.0125. The number of nitrogens with zero attached hydrogens (tertiary/aromatic N) is 7. The maximum atomic E-state index is 14.1. The van der Waals surface area contributed by atoms with E-state index in [1.165, 1.54) is 35.1 Å². The van der Waals surface area contributed by atoms with Crippen molar-refractivity contribution in [2.45, 2.75) is 141 Å². The summed E-state index contributed by atoms with van der Waals surface area (Å²) in [5.41, 5.74) is 3.93. The molecule has 3 fully saturated rings. The number of thiol groups is 1. The van der Waals surface area contributed by atoms with E-state index in [2.05, 4.69) is 59.6 Å². The molecule has 2 bridgehead atoms. The molecule has 3 aromatic heterocycles. The number of hydrogen-bond donors (Lipinski definition) is 6. The Morgan fingerprint density at radius 1 is 0.706 bits per heavy atom. The molecule has 0 radical (unpaired) electrons. The fourth-order valence-corrected chi connectivity index (χ4v) is 17.1. The van der Waals surface area contributed by atoms with Crippen molar-refractivity contribution in [2.24, 2.45) is 17.8 Å². The first-order chi connectivity index (χ1) is 60.8. The van der Waals surface area contributed by atoms with Crippen LogP contribution in [-0.4, -0.2) is 248 Å². The van der Waals surface area contributed by atoms with Crippen LogP contribution in [0.5, 0.6) is 5.88 Å².